The van der Waals surface area contributed by atoms with Crippen molar-refractivity contribution in [1.82, 2.24) is 13.7 Å². The van der Waals surface area contributed by atoms with E-state index in [0.29, 0.717) is 0 Å². The SMILES string of the molecule is c1ccc(-c2ccc(-n3c4ccccc4c4cc(-c5ccc6c(c5)c5c7c8ccccc8n(-c8ccccc8)c7ccc5n6-c5ccccc5)ccc43)cc2)cc1. The van der Waals surface area contributed by atoms with Gasteiger partial charge in [-0.05, 0) is 107 Å². The molecule has 0 fully saturated rings. The first-order chi connectivity index (χ1) is 28.3. The van der Waals surface area contributed by atoms with Crippen molar-refractivity contribution in [2.24, 2.45) is 0 Å². The van der Waals surface area contributed by atoms with Crippen molar-refractivity contribution in [3.8, 4) is 39.3 Å². The van der Waals surface area contributed by atoms with Crippen LogP contribution < -0.4 is 0 Å². The van der Waals surface area contributed by atoms with Crippen LogP contribution in [-0.4, -0.2) is 13.7 Å². The summed E-state index contributed by atoms with van der Waals surface area (Å²) in [6.45, 7) is 0. The van der Waals surface area contributed by atoms with Crippen LogP contribution in [0, 0.1) is 0 Å². The minimum absolute atomic E-state index is 1.16. The van der Waals surface area contributed by atoms with Gasteiger partial charge in [0.05, 0.1) is 33.1 Å². The van der Waals surface area contributed by atoms with Crippen LogP contribution in [0.15, 0.2) is 212 Å². The van der Waals surface area contributed by atoms with Crippen molar-refractivity contribution in [1.29, 1.82) is 0 Å². The molecule has 3 heteroatoms. The fourth-order valence-electron chi connectivity index (χ4n) is 9.32. The zero-order valence-electron chi connectivity index (χ0n) is 31.0. The molecule has 12 rings (SSSR count). The van der Waals surface area contributed by atoms with E-state index in [0.717, 1.165) is 17.1 Å². The quantitative estimate of drug-likeness (QED) is 0.168. The van der Waals surface area contributed by atoms with Gasteiger partial charge in [0.15, 0.2) is 0 Å². The Hall–Kier alpha value is -7.62. The number of nitrogens with zero attached hydrogens (tertiary/aromatic N) is 3. The maximum Gasteiger partial charge on any atom is 0.0548 e. The highest BCUT2D eigenvalue weighted by atomic mass is 15.0. The van der Waals surface area contributed by atoms with Gasteiger partial charge in [-0.3, -0.25) is 0 Å². The molecule has 9 aromatic carbocycles. The standard InChI is InChI=1S/C54H35N3/c1-4-14-36(15-5-1)37-24-28-42(29-25-37)55-47-22-12-10-20-43(47)45-34-38(26-30-49(45)55)39-27-31-50-46(35-39)54-52(57(50)41-18-8-3-9-19-41)33-32-51-53(54)44-21-11-13-23-48(44)56(51)40-16-6-2-7-17-40/h1-35H. The molecule has 266 valence electrons. The minimum atomic E-state index is 1.16. The van der Waals surface area contributed by atoms with Gasteiger partial charge in [0, 0.05) is 49.4 Å². The first-order valence-corrected chi connectivity index (χ1v) is 19.6. The second-order valence-corrected chi connectivity index (χ2v) is 14.9. The van der Waals surface area contributed by atoms with E-state index in [1.807, 2.05) is 0 Å². The fourth-order valence-corrected chi connectivity index (χ4v) is 9.32. The lowest BCUT2D eigenvalue weighted by Gasteiger charge is -2.10. The van der Waals surface area contributed by atoms with E-state index < -0.39 is 0 Å². The molecule has 12 aromatic rings. The van der Waals surface area contributed by atoms with Crippen molar-refractivity contribution >= 4 is 65.4 Å². The van der Waals surface area contributed by atoms with Gasteiger partial charge in [0.2, 0.25) is 0 Å². The second kappa shape index (κ2) is 12.5. The zero-order chi connectivity index (χ0) is 37.5. The van der Waals surface area contributed by atoms with E-state index in [-0.39, 0.29) is 0 Å². The molecule has 57 heavy (non-hydrogen) atoms. The fraction of sp³-hybridized carbons (Fsp3) is 0. The number of hydrogen-bond donors (Lipinski definition) is 0. The van der Waals surface area contributed by atoms with Crippen LogP contribution in [0.3, 0.4) is 0 Å². The Balaban J connectivity index is 1.09. The van der Waals surface area contributed by atoms with Gasteiger partial charge in [-0.2, -0.15) is 0 Å². The average molecular weight is 726 g/mol. The number of rotatable bonds is 5. The lowest BCUT2D eigenvalue weighted by atomic mass is 9.99. The third-order valence-electron chi connectivity index (χ3n) is 11.8. The number of hydrogen-bond acceptors (Lipinski definition) is 0. The maximum atomic E-state index is 2.43. The third-order valence-corrected chi connectivity index (χ3v) is 11.8. The zero-order valence-corrected chi connectivity index (χ0v) is 31.0. The molecule has 0 aliphatic heterocycles. The van der Waals surface area contributed by atoms with E-state index in [4.69, 9.17) is 0 Å². The van der Waals surface area contributed by atoms with Crippen molar-refractivity contribution in [3.63, 3.8) is 0 Å². The van der Waals surface area contributed by atoms with Crippen LogP contribution in [0.1, 0.15) is 0 Å². The van der Waals surface area contributed by atoms with Gasteiger partial charge in [0.1, 0.15) is 0 Å². The van der Waals surface area contributed by atoms with Gasteiger partial charge in [-0.15, -0.1) is 0 Å². The van der Waals surface area contributed by atoms with Gasteiger partial charge in [-0.25, -0.2) is 0 Å². The summed E-state index contributed by atoms with van der Waals surface area (Å²) >= 11 is 0. The van der Waals surface area contributed by atoms with Crippen LogP contribution in [0.4, 0.5) is 0 Å². The topological polar surface area (TPSA) is 14.8 Å². The smallest absolute Gasteiger partial charge is 0.0548 e. The lowest BCUT2D eigenvalue weighted by molar-refractivity contribution is 1.17. The Bertz CT molecular complexity index is 3480. The summed E-state index contributed by atoms with van der Waals surface area (Å²) in [5.41, 5.74) is 15.5. The molecule has 0 radical (unpaired) electrons. The van der Waals surface area contributed by atoms with Crippen LogP contribution in [0.5, 0.6) is 0 Å². The Morgan fingerprint density at radius 1 is 0.211 bits per heavy atom. The molecule has 3 nitrogen and oxygen atoms in total. The molecule has 0 atom stereocenters. The van der Waals surface area contributed by atoms with Crippen LogP contribution in [0.25, 0.3) is 105 Å². The van der Waals surface area contributed by atoms with E-state index >= 15 is 0 Å². The highest BCUT2D eigenvalue weighted by Gasteiger charge is 2.21. The van der Waals surface area contributed by atoms with Gasteiger partial charge >= 0.3 is 0 Å². The highest BCUT2D eigenvalue weighted by Crippen LogP contribution is 2.44. The largest absolute Gasteiger partial charge is 0.309 e. The summed E-state index contributed by atoms with van der Waals surface area (Å²) in [6.07, 6.45) is 0. The predicted molar refractivity (Wildman–Crippen MR) is 240 cm³/mol. The van der Waals surface area contributed by atoms with Crippen LogP contribution in [-0.2, 0) is 0 Å². The lowest BCUT2D eigenvalue weighted by Crippen LogP contribution is -1.94. The van der Waals surface area contributed by atoms with Crippen LogP contribution in [0.2, 0.25) is 0 Å². The van der Waals surface area contributed by atoms with E-state index in [1.54, 1.807) is 0 Å². The Morgan fingerprint density at radius 3 is 1.19 bits per heavy atom. The molecule has 0 N–H and O–H groups in total. The van der Waals surface area contributed by atoms with Gasteiger partial charge < -0.3 is 13.7 Å². The van der Waals surface area contributed by atoms with E-state index in [1.165, 1.54) is 87.7 Å². The van der Waals surface area contributed by atoms with Crippen LogP contribution >= 0.6 is 0 Å². The van der Waals surface area contributed by atoms with Crippen molar-refractivity contribution in [2.45, 2.75) is 0 Å². The molecule has 0 bridgehead atoms. The summed E-state index contributed by atoms with van der Waals surface area (Å²) in [6, 6.07) is 77.3. The molecule has 0 amide bonds. The Morgan fingerprint density at radius 2 is 0.579 bits per heavy atom. The van der Waals surface area contributed by atoms with E-state index in [2.05, 4.69) is 226 Å². The molecule has 0 saturated heterocycles. The summed E-state index contributed by atoms with van der Waals surface area (Å²) in [4.78, 5) is 0. The first-order valence-electron chi connectivity index (χ1n) is 19.6. The van der Waals surface area contributed by atoms with Crippen molar-refractivity contribution in [2.75, 3.05) is 0 Å². The first kappa shape index (κ1) is 31.7. The highest BCUT2D eigenvalue weighted by molar-refractivity contribution is 6.29. The Kier molecular flexibility index (Phi) is 6.93. The van der Waals surface area contributed by atoms with Crippen molar-refractivity contribution in [3.05, 3.63) is 212 Å². The Labute approximate surface area is 329 Å². The van der Waals surface area contributed by atoms with Gasteiger partial charge in [-0.1, -0.05) is 127 Å². The molecule has 3 aromatic heterocycles. The second-order valence-electron chi connectivity index (χ2n) is 14.9. The molecule has 0 aliphatic carbocycles. The maximum absolute atomic E-state index is 2.43. The number of benzene rings is 9. The van der Waals surface area contributed by atoms with E-state index in [9.17, 15) is 0 Å². The molecular formula is C54H35N3. The molecule has 0 aliphatic rings. The molecule has 0 unspecified atom stereocenters. The minimum Gasteiger partial charge on any atom is -0.309 e. The predicted octanol–water partition coefficient (Wildman–Crippen LogP) is 14.3. The van der Waals surface area contributed by atoms with Gasteiger partial charge in [0.25, 0.3) is 0 Å². The number of fused-ring (bicyclic) bond motifs is 10. The summed E-state index contributed by atoms with van der Waals surface area (Å²) in [7, 11) is 0. The summed E-state index contributed by atoms with van der Waals surface area (Å²) in [5.74, 6) is 0. The molecule has 0 spiro atoms. The van der Waals surface area contributed by atoms with Crippen molar-refractivity contribution < 1.29 is 0 Å². The normalized spacial score (nSPS) is 11.9. The average Bonchev–Trinajstić information content (AvgIpc) is 3.92. The third kappa shape index (κ3) is 4.79. The number of para-hydroxylation sites is 4. The monoisotopic (exact) mass is 725 g/mol. The number of aromatic nitrogens is 3. The molecule has 0 saturated carbocycles. The molecule has 3 heterocycles. The summed E-state index contributed by atoms with van der Waals surface area (Å²) < 4.78 is 7.25. The molecular weight excluding hydrogens is 691 g/mol. The summed E-state index contributed by atoms with van der Waals surface area (Å²) in [5, 5.41) is 7.55.